The van der Waals surface area contributed by atoms with Crippen LogP contribution in [0.2, 0.25) is 5.02 Å². The summed E-state index contributed by atoms with van der Waals surface area (Å²) >= 11 is 5.58. The number of rotatable bonds is 2. The lowest BCUT2D eigenvalue weighted by molar-refractivity contribution is 0.0762. The van der Waals surface area contributed by atoms with Crippen molar-refractivity contribution in [1.82, 2.24) is 4.31 Å². The molecule has 100 valence electrons. The molecule has 4 nitrogen and oxygen atoms in total. The van der Waals surface area contributed by atoms with Crippen molar-refractivity contribution in [3.8, 4) is 0 Å². The molecule has 2 rings (SSSR count). The number of hydrogen-bond acceptors (Lipinski definition) is 3. The predicted molar refractivity (Wildman–Crippen MR) is 65.4 cm³/mol. The molecule has 0 bridgehead atoms. The van der Waals surface area contributed by atoms with Crippen LogP contribution in [0.25, 0.3) is 0 Å². The molecule has 0 radical (unpaired) electrons. The fourth-order valence-corrected chi connectivity index (χ4v) is 3.69. The van der Waals surface area contributed by atoms with Crippen molar-refractivity contribution in [3.05, 3.63) is 29.0 Å². The zero-order valence-electron chi connectivity index (χ0n) is 9.73. The van der Waals surface area contributed by atoms with Crippen LogP contribution in [0.4, 0.5) is 4.39 Å². The summed E-state index contributed by atoms with van der Waals surface area (Å²) in [6.07, 6.45) is 0.335. The third-order valence-electron chi connectivity index (χ3n) is 2.93. The Morgan fingerprint density at radius 1 is 1.50 bits per heavy atom. The highest BCUT2D eigenvalue weighted by molar-refractivity contribution is 7.89. The number of hydrogen-bond donors (Lipinski definition) is 1. The number of β-amino-alcohol motifs (C(OH)–C–C–N with tert-alkyl or cyclic N) is 1. The van der Waals surface area contributed by atoms with E-state index in [2.05, 4.69) is 0 Å². The van der Waals surface area contributed by atoms with Crippen molar-refractivity contribution in [2.45, 2.75) is 23.8 Å². The normalized spacial score (nSPS) is 25.6. The Balaban J connectivity index is 2.38. The van der Waals surface area contributed by atoms with Crippen LogP contribution in [-0.4, -0.2) is 36.5 Å². The zero-order valence-corrected chi connectivity index (χ0v) is 11.3. The van der Waals surface area contributed by atoms with Gasteiger partial charge in [0.05, 0.1) is 5.60 Å². The van der Waals surface area contributed by atoms with Gasteiger partial charge in [0.1, 0.15) is 10.7 Å². The van der Waals surface area contributed by atoms with Crippen LogP contribution in [-0.2, 0) is 10.0 Å². The number of aliphatic hydroxyl groups is 1. The molecule has 0 aromatic heterocycles. The monoisotopic (exact) mass is 293 g/mol. The maximum atomic E-state index is 13.6. The van der Waals surface area contributed by atoms with E-state index in [9.17, 15) is 17.9 Å². The lowest BCUT2D eigenvalue weighted by Gasteiger charge is -2.19. The number of sulfonamides is 1. The van der Waals surface area contributed by atoms with Gasteiger partial charge in [-0.05, 0) is 31.5 Å². The highest BCUT2D eigenvalue weighted by atomic mass is 35.5. The summed E-state index contributed by atoms with van der Waals surface area (Å²) in [6, 6.07) is 3.43. The molecule has 1 aromatic carbocycles. The van der Waals surface area contributed by atoms with Gasteiger partial charge in [0.2, 0.25) is 10.0 Å². The molecule has 7 heteroatoms. The van der Waals surface area contributed by atoms with Gasteiger partial charge >= 0.3 is 0 Å². The Morgan fingerprint density at radius 2 is 2.17 bits per heavy atom. The zero-order chi connectivity index (χ0) is 13.6. The van der Waals surface area contributed by atoms with Gasteiger partial charge < -0.3 is 5.11 Å². The van der Waals surface area contributed by atoms with E-state index in [-0.39, 0.29) is 18.1 Å². The molecular weight excluding hydrogens is 281 g/mol. The first-order valence-corrected chi connectivity index (χ1v) is 7.22. The van der Waals surface area contributed by atoms with E-state index in [0.29, 0.717) is 6.42 Å². The van der Waals surface area contributed by atoms with E-state index < -0.39 is 26.3 Å². The van der Waals surface area contributed by atoms with Gasteiger partial charge in [0.25, 0.3) is 0 Å². The molecule has 1 unspecified atom stereocenters. The topological polar surface area (TPSA) is 57.6 Å². The van der Waals surface area contributed by atoms with Crippen LogP contribution >= 0.6 is 11.6 Å². The molecule has 1 N–H and O–H groups in total. The lowest BCUT2D eigenvalue weighted by atomic mass is 10.1. The van der Waals surface area contributed by atoms with Crippen LogP contribution in [0.5, 0.6) is 0 Å². The molecular formula is C11H13ClFNO3S. The van der Waals surface area contributed by atoms with Gasteiger partial charge in [0.15, 0.2) is 0 Å². The maximum Gasteiger partial charge on any atom is 0.246 e. The van der Waals surface area contributed by atoms with Gasteiger partial charge in [-0.3, -0.25) is 0 Å². The van der Waals surface area contributed by atoms with Gasteiger partial charge in [0, 0.05) is 18.1 Å². The Kier molecular flexibility index (Phi) is 3.40. The second-order valence-corrected chi connectivity index (χ2v) is 7.00. The van der Waals surface area contributed by atoms with E-state index >= 15 is 0 Å². The molecule has 1 saturated heterocycles. The summed E-state index contributed by atoms with van der Waals surface area (Å²) in [5.74, 6) is -0.881. The second kappa shape index (κ2) is 4.45. The number of nitrogens with zero attached hydrogens (tertiary/aromatic N) is 1. The van der Waals surface area contributed by atoms with Gasteiger partial charge in [-0.15, -0.1) is 0 Å². The Bertz CT molecular complexity index is 574. The Morgan fingerprint density at radius 3 is 2.67 bits per heavy atom. The average molecular weight is 294 g/mol. The smallest absolute Gasteiger partial charge is 0.246 e. The number of benzene rings is 1. The van der Waals surface area contributed by atoms with Crippen molar-refractivity contribution in [3.63, 3.8) is 0 Å². The molecule has 18 heavy (non-hydrogen) atoms. The van der Waals surface area contributed by atoms with E-state index in [4.69, 9.17) is 11.6 Å². The van der Waals surface area contributed by atoms with E-state index in [1.807, 2.05) is 0 Å². The van der Waals surface area contributed by atoms with Crippen LogP contribution in [0, 0.1) is 5.82 Å². The molecule has 0 aliphatic carbocycles. The first-order valence-electron chi connectivity index (χ1n) is 5.40. The molecule has 0 saturated carbocycles. The van der Waals surface area contributed by atoms with Crippen molar-refractivity contribution < 1.29 is 17.9 Å². The minimum Gasteiger partial charge on any atom is -0.389 e. The minimum atomic E-state index is -3.92. The number of halogens is 2. The van der Waals surface area contributed by atoms with E-state index in [1.165, 1.54) is 6.07 Å². The average Bonchev–Trinajstić information content (AvgIpc) is 2.58. The Labute approximate surface area is 110 Å². The Hall–Kier alpha value is -0.690. The molecule has 0 amide bonds. The highest BCUT2D eigenvalue weighted by Crippen LogP contribution is 2.28. The standard InChI is InChI=1S/C11H13ClFNO3S/c1-11(15)4-5-14(7-11)18(16,17)10-3-2-8(12)6-9(10)13/h2-3,6,15H,4-5,7H2,1H3. The van der Waals surface area contributed by atoms with Crippen LogP contribution in [0.15, 0.2) is 23.1 Å². The van der Waals surface area contributed by atoms with Crippen molar-refractivity contribution in [2.24, 2.45) is 0 Å². The minimum absolute atomic E-state index is 0.0304. The molecule has 1 atom stereocenters. The van der Waals surface area contributed by atoms with Gasteiger partial charge in [-0.1, -0.05) is 11.6 Å². The first kappa shape index (κ1) is 13.7. The predicted octanol–water partition coefficient (Wildman–Crippen LogP) is 1.62. The van der Waals surface area contributed by atoms with Gasteiger partial charge in [-0.2, -0.15) is 4.31 Å². The molecule has 0 spiro atoms. The van der Waals surface area contributed by atoms with Crippen molar-refractivity contribution >= 4 is 21.6 Å². The SMILES string of the molecule is CC1(O)CCN(S(=O)(=O)c2ccc(Cl)cc2F)C1. The fourth-order valence-electron chi connectivity index (χ4n) is 1.93. The summed E-state index contributed by atoms with van der Waals surface area (Å²) in [4.78, 5) is -0.412. The van der Waals surface area contributed by atoms with Crippen LogP contribution in [0.3, 0.4) is 0 Å². The third kappa shape index (κ3) is 2.51. The van der Waals surface area contributed by atoms with Crippen molar-refractivity contribution in [1.29, 1.82) is 0 Å². The molecule has 1 aliphatic heterocycles. The second-order valence-electron chi connectivity index (χ2n) is 4.66. The summed E-state index contributed by atoms with van der Waals surface area (Å²) < 4.78 is 39.1. The fraction of sp³-hybridized carbons (Fsp3) is 0.455. The molecule has 1 heterocycles. The quantitative estimate of drug-likeness (QED) is 0.901. The largest absolute Gasteiger partial charge is 0.389 e. The van der Waals surface area contributed by atoms with Crippen LogP contribution < -0.4 is 0 Å². The van der Waals surface area contributed by atoms with Crippen LogP contribution in [0.1, 0.15) is 13.3 Å². The summed E-state index contributed by atoms with van der Waals surface area (Å²) in [5.41, 5.74) is -1.06. The van der Waals surface area contributed by atoms with E-state index in [0.717, 1.165) is 16.4 Å². The summed E-state index contributed by atoms with van der Waals surface area (Å²) in [6.45, 7) is 1.70. The highest BCUT2D eigenvalue weighted by Gasteiger charge is 2.39. The molecule has 1 fully saturated rings. The summed E-state index contributed by atoms with van der Waals surface area (Å²) in [5, 5.41) is 9.91. The van der Waals surface area contributed by atoms with E-state index in [1.54, 1.807) is 6.92 Å². The molecule has 1 aromatic rings. The van der Waals surface area contributed by atoms with Crippen molar-refractivity contribution in [2.75, 3.05) is 13.1 Å². The maximum absolute atomic E-state index is 13.6. The van der Waals surface area contributed by atoms with Gasteiger partial charge in [-0.25, -0.2) is 12.8 Å². The third-order valence-corrected chi connectivity index (χ3v) is 5.04. The summed E-state index contributed by atoms with van der Waals surface area (Å²) in [7, 11) is -3.92. The lowest BCUT2D eigenvalue weighted by Crippen LogP contribution is -2.34. The first-order chi connectivity index (χ1) is 8.22. The molecule has 1 aliphatic rings.